The topological polar surface area (TPSA) is 86.3 Å². The lowest BCUT2D eigenvalue weighted by Crippen LogP contribution is -2.38. The maximum atomic E-state index is 12.6. The number of ether oxygens (including phenoxy) is 4. The molecule has 2 N–H and O–H groups in total. The Morgan fingerprint density at radius 2 is 1.96 bits per heavy atom. The minimum Gasteiger partial charge on any atom is -0.493 e. The third kappa shape index (κ3) is 3.39. The van der Waals surface area contributed by atoms with Gasteiger partial charge >= 0.3 is 0 Å². The van der Waals surface area contributed by atoms with Gasteiger partial charge < -0.3 is 29.4 Å². The van der Waals surface area contributed by atoms with Crippen molar-refractivity contribution in [2.24, 2.45) is 0 Å². The van der Waals surface area contributed by atoms with Crippen LogP contribution >= 0.6 is 0 Å². The Labute approximate surface area is 151 Å². The molecule has 0 spiro atoms. The van der Waals surface area contributed by atoms with E-state index in [1.165, 1.54) is 14.2 Å². The molecule has 3 rings (SSSR count). The molecule has 7 nitrogen and oxygen atoms in total. The van der Waals surface area contributed by atoms with Gasteiger partial charge in [0.15, 0.2) is 23.0 Å². The van der Waals surface area contributed by atoms with Crippen molar-refractivity contribution in [3.05, 3.63) is 47.5 Å². The molecule has 0 bridgehead atoms. The van der Waals surface area contributed by atoms with E-state index < -0.39 is 5.60 Å². The van der Waals surface area contributed by atoms with Crippen LogP contribution in [0.1, 0.15) is 22.8 Å². The third-order valence-corrected chi connectivity index (χ3v) is 4.24. The van der Waals surface area contributed by atoms with Crippen LogP contribution in [0.3, 0.4) is 0 Å². The van der Waals surface area contributed by atoms with Crippen LogP contribution in [-0.2, 0) is 5.60 Å². The standard InChI is InChI=1S/C19H21NO6/c1-19(22,12-7-8-14-16(9-12)26-11-25-14)10-20-18(21)13-5-4-6-15(23-2)17(13)24-3/h4-9,22H,10-11H2,1-3H3,(H,20,21). The molecule has 0 aliphatic carbocycles. The van der Waals surface area contributed by atoms with Crippen LogP contribution in [0.5, 0.6) is 23.0 Å². The first-order valence-corrected chi connectivity index (χ1v) is 8.08. The Hall–Kier alpha value is -2.93. The van der Waals surface area contributed by atoms with Crippen molar-refractivity contribution in [1.29, 1.82) is 0 Å². The molecule has 2 aromatic carbocycles. The number of hydrogen-bond acceptors (Lipinski definition) is 6. The van der Waals surface area contributed by atoms with Crippen LogP contribution in [0, 0.1) is 0 Å². The molecule has 1 atom stereocenters. The smallest absolute Gasteiger partial charge is 0.255 e. The van der Waals surface area contributed by atoms with Crippen molar-refractivity contribution >= 4 is 5.91 Å². The fourth-order valence-electron chi connectivity index (χ4n) is 2.75. The molecule has 1 aliphatic heterocycles. The quantitative estimate of drug-likeness (QED) is 0.821. The predicted molar refractivity (Wildman–Crippen MR) is 94.0 cm³/mol. The number of hydrogen-bond donors (Lipinski definition) is 2. The summed E-state index contributed by atoms with van der Waals surface area (Å²) in [4.78, 5) is 12.6. The number of fused-ring (bicyclic) bond motifs is 1. The van der Waals surface area contributed by atoms with E-state index in [0.717, 1.165) is 0 Å². The monoisotopic (exact) mass is 359 g/mol. The zero-order valence-corrected chi connectivity index (χ0v) is 14.9. The van der Waals surface area contributed by atoms with Crippen LogP contribution in [0.25, 0.3) is 0 Å². The number of para-hydroxylation sites is 1. The highest BCUT2D eigenvalue weighted by Crippen LogP contribution is 2.36. The Kier molecular flexibility index (Phi) is 4.90. The molecular weight excluding hydrogens is 338 g/mol. The van der Waals surface area contributed by atoms with E-state index >= 15 is 0 Å². The number of benzene rings is 2. The number of aliphatic hydroxyl groups is 1. The predicted octanol–water partition coefficient (Wildman–Crippen LogP) is 2.07. The van der Waals surface area contributed by atoms with E-state index in [1.54, 1.807) is 43.3 Å². The summed E-state index contributed by atoms with van der Waals surface area (Å²) in [7, 11) is 2.97. The molecule has 2 aromatic rings. The van der Waals surface area contributed by atoms with Gasteiger partial charge in [-0.15, -0.1) is 0 Å². The summed E-state index contributed by atoms with van der Waals surface area (Å²) in [6, 6.07) is 10.2. The number of rotatable bonds is 6. The van der Waals surface area contributed by atoms with Crippen LogP contribution < -0.4 is 24.3 Å². The fourth-order valence-corrected chi connectivity index (χ4v) is 2.75. The van der Waals surface area contributed by atoms with Crippen LogP contribution in [0.15, 0.2) is 36.4 Å². The average molecular weight is 359 g/mol. The molecule has 0 saturated carbocycles. The van der Waals surface area contributed by atoms with Crippen LogP contribution in [-0.4, -0.2) is 38.6 Å². The second kappa shape index (κ2) is 7.13. The number of carbonyl (C=O) groups is 1. The van der Waals surface area contributed by atoms with E-state index in [9.17, 15) is 9.90 Å². The lowest BCUT2D eigenvalue weighted by molar-refractivity contribution is 0.0524. The molecule has 1 amide bonds. The molecule has 1 unspecified atom stereocenters. The molecule has 1 aliphatic rings. The average Bonchev–Trinajstić information content (AvgIpc) is 3.13. The van der Waals surface area contributed by atoms with Crippen molar-refractivity contribution in [2.75, 3.05) is 27.6 Å². The molecule has 138 valence electrons. The molecule has 0 radical (unpaired) electrons. The zero-order chi connectivity index (χ0) is 18.7. The van der Waals surface area contributed by atoms with Gasteiger partial charge in [0.05, 0.1) is 26.3 Å². The molecule has 26 heavy (non-hydrogen) atoms. The number of carbonyl (C=O) groups excluding carboxylic acids is 1. The summed E-state index contributed by atoms with van der Waals surface area (Å²) < 4.78 is 21.1. The number of methoxy groups -OCH3 is 2. The largest absolute Gasteiger partial charge is 0.493 e. The Balaban J connectivity index is 1.75. The fraction of sp³-hybridized carbons (Fsp3) is 0.316. The van der Waals surface area contributed by atoms with Gasteiger partial charge in [0.25, 0.3) is 5.91 Å². The lowest BCUT2D eigenvalue weighted by Gasteiger charge is -2.24. The maximum Gasteiger partial charge on any atom is 0.255 e. The zero-order valence-electron chi connectivity index (χ0n) is 14.9. The van der Waals surface area contributed by atoms with Gasteiger partial charge in [-0.05, 0) is 36.8 Å². The van der Waals surface area contributed by atoms with Crippen LogP contribution in [0.4, 0.5) is 0 Å². The van der Waals surface area contributed by atoms with Gasteiger partial charge in [0.2, 0.25) is 6.79 Å². The molecule has 0 saturated heterocycles. The highest BCUT2D eigenvalue weighted by Gasteiger charge is 2.27. The van der Waals surface area contributed by atoms with Crippen molar-refractivity contribution in [3.63, 3.8) is 0 Å². The minimum atomic E-state index is -1.29. The maximum absolute atomic E-state index is 12.6. The summed E-state index contributed by atoms with van der Waals surface area (Å²) in [5.74, 6) is 1.64. The first-order chi connectivity index (χ1) is 12.5. The molecule has 1 heterocycles. The second-order valence-corrected chi connectivity index (χ2v) is 6.07. The van der Waals surface area contributed by atoms with Crippen molar-refractivity contribution in [2.45, 2.75) is 12.5 Å². The molecule has 7 heteroatoms. The third-order valence-electron chi connectivity index (χ3n) is 4.24. The van der Waals surface area contributed by atoms with E-state index in [2.05, 4.69) is 5.32 Å². The van der Waals surface area contributed by atoms with Crippen molar-refractivity contribution < 1.29 is 28.8 Å². The van der Waals surface area contributed by atoms with Gasteiger partial charge in [0, 0.05) is 0 Å². The summed E-state index contributed by atoms with van der Waals surface area (Å²) in [6.45, 7) is 1.78. The van der Waals surface area contributed by atoms with Gasteiger partial charge in [0.1, 0.15) is 5.60 Å². The first-order valence-electron chi connectivity index (χ1n) is 8.08. The van der Waals surface area contributed by atoms with E-state index in [4.69, 9.17) is 18.9 Å². The van der Waals surface area contributed by atoms with Gasteiger partial charge in [-0.3, -0.25) is 4.79 Å². The summed E-state index contributed by atoms with van der Waals surface area (Å²) in [6.07, 6.45) is 0. The Bertz CT molecular complexity index is 818. The second-order valence-electron chi connectivity index (χ2n) is 6.07. The van der Waals surface area contributed by atoms with E-state index in [1.807, 2.05) is 0 Å². The number of amides is 1. The van der Waals surface area contributed by atoms with Crippen molar-refractivity contribution in [3.8, 4) is 23.0 Å². The Morgan fingerprint density at radius 3 is 2.69 bits per heavy atom. The van der Waals surface area contributed by atoms with Gasteiger partial charge in [-0.1, -0.05) is 12.1 Å². The summed E-state index contributed by atoms with van der Waals surface area (Å²) in [5.41, 5.74) is -0.351. The Morgan fingerprint density at radius 1 is 1.19 bits per heavy atom. The normalized spacial score (nSPS) is 14.5. The highest BCUT2D eigenvalue weighted by molar-refractivity contribution is 5.97. The van der Waals surface area contributed by atoms with Gasteiger partial charge in [-0.25, -0.2) is 0 Å². The van der Waals surface area contributed by atoms with E-state index in [-0.39, 0.29) is 19.2 Å². The summed E-state index contributed by atoms with van der Waals surface area (Å²) >= 11 is 0. The summed E-state index contributed by atoms with van der Waals surface area (Å²) in [5, 5.41) is 13.5. The first kappa shape index (κ1) is 17.9. The van der Waals surface area contributed by atoms with E-state index in [0.29, 0.717) is 34.1 Å². The lowest BCUT2D eigenvalue weighted by atomic mass is 9.95. The SMILES string of the molecule is COc1cccc(C(=O)NCC(C)(O)c2ccc3c(c2)OCO3)c1OC. The molecule has 0 fully saturated rings. The van der Waals surface area contributed by atoms with Crippen LogP contribution in [0.2, 0.25) is 0 Å². The van der Waals surface area contributed by atoms with Gasteiger partial charge in [-0.2, -0.15) is 0 Å². The minimum absolute atomic E-state index is 0.00579. The molecule has 0 aromatic heterocycles. The van der Waals surface area contributed by atoms with Crippen molar-refractivity contribution in [1.82, 2.24) is 5.32 Å². The molecular formula is C19H21NO6. The highest BCUT2D eigenvalue weighted by atomic mass is 16.7. The number of nitrogens with one attached hydrogen (secondary N) is 1.